The second-order valence-corrected chi connectivity index (χ2v) is 8.22. The van der Waals surface area contributed by atoms with Crippen LogP contribution >= 0.6 is 0 Å². The van der Waals surface area contributed by atoms with Gasteiger partial charge < -0.3 is 15.2 Å². The SMILES string of the molecule is CCC(C1CC1)N1CC(CCO)CC(NC(=O)OC(C)(C)C)C1. The van der Waals surface area contributed by atoms with Crippen molar-refractivity contribution in [1.29, 1.82) is 0 Å². The number of hydrogen-bond acceptors (Lipinski definition) is 4. The number of amides is 1. The summed E-state index contributed by atoms with van der Waals surface area (Å²) in [5, 5.41) is 12.4. The first-order valence-corrected chi connectivity index (χ1v) is 9.16. The average Bonchev–Trinajstić information content (AvgIpc) is 3.22. The van der Waals surface area contributed by atoms with Crippen molar-refractivity contribution in [2.75, 3.05) is 19.7 Å². The van der Waals surface area contributed by atoms with Crippen molar-refractivity contribution in [2.45, 2.75) is 77.5 Å². The quantitative estimate of drug-likeness (QED) is 0.788. The van der Waals surface area contributed by atoms with Gasteiger partial charge in [-0.25, -0.2) is 4.79 Å². The topological polar surface area (TPSA) is 61.8 Å². The van der Waals surface area contributed by atoms with Crippen LogP contribution in [0, 0.1) is 11.8 Å². The van der Waals surface area contributed by atoms with Crippen LogP contribution in [0.1, 0.15) is 59.8 Å². The van der Waals surface area contributed by atoms with E-state index in [-0.39, 0.29) is 18.7 Å². The first kappa shape index (κ1) is 18.5. The van der Waals surface area contributed by atoms with Crippen LogP contribution in [0.4, 0.5) is 4.79 Å². The molecule has 5 heteroatoms. The molecule has 0 aromatic rings. The molecule has 0 aromatic carbocycles. The van der Waals surface area contributed by atoms with Gasteiger partial charge in [-0.2, -0.15) is 0 Å². The maximum atomic E-state index is 12.1. The molecule has 23 heavy (non-hydrogen) atoms. The molecule has 0 spiro atoms. The van der Waals surface area contributed by atoms with E-state index in [1.54, 1.807) is 0 Å². The van der Waals surface area contributed by atoms with Gasteiger partial charge in [0.15, 0.2) is 0 Å². The molecule has 1 saturated heterocycles. The maximum absolute atomic E-state index is 12.1. The molecule has 1 amide bonds. The summed E-state index contributed by atoms with van der Waals surface area (Å²) in [5.41, 5.74) is -0.469. The van der Waals surface area contributed by atoms with Gasteiger partial charge in [-0.15, -0.1) is 0 Å². The van der Waals surface area contributed by atoms with E-state index in [0.717, 1.165) is 38.3 Å². The Bertz CT molecular complexity index is 390. The van der Waals surface area contributed by atoms with Gasteiger partial charge >= 0.3 is 6.09 Å². The number of aliphatic hydroxyl groups excluding tert-OH is 1. The molecule has 2 aliphatic rings. The number of alkyl carbamates (subject to hydrolysis) is 1. The van der Waals surface area contributed by atoms with E-state index in [2.05, 4.69) is 17.1 Å². The van der Waals surface area contributed by atoms with E-state index < -0.39 is 5.60 Å². The van der Waals surface area contributed by atoms with Crippen LogP contribution in [0.25, 0.3) is 0 Å². The highest BCUT2D eigenvalue weighted by molar-refractivity contribution is 5.68. The Kier molecular flexibility index (Phi) is 6.32. The molecule has 1 saturated carbocycles. The zero-order valence-corrected chi connectivity index (χ0v) is 15.2. The minimum Gasteiger partial charge on any atom is -0.444 e. The smallest absolute Gasteiger partial charge is 0.407 e. The minimum absolute atomic E-state index is 0.114. The van der Waals surface area contributed by atoms with Gasteiger partial charge in [0.05, 0.1) is 0 Å². The van der Waals surface area contributed by atoms with Crippen LogP contribution in [0.5, 0.6) is 0 Å². The third kappa shape index (κ3) is 5.96. The summed E-state index contributed by atoms with van der Waals surface area (Å²) in [6, 6.07) is 0.738. The number of carbonyl (C=O) groups excluding carboxylic acids is 1. The van der Waals surface area contributed by atoms with Crippen molar-refractivity contribution in [2.24, 2.45) is 11.8 Å². The molecule has 134 valence electrons. The van der Waals surface area contributed by atoms with E-state index in [4.69, 9.17) is 4.74 Å². The van der Waals surface area contributed by atoms with Crippen molar-refractivity contribution in [3.05, 3.63) is 0 Å². The normalized spacial score (nSPS) is 27.5. The van der Waals surface area contributed by atoms with Crippen LogP contribution in [0.2, 0.25) is 0 Å². The highest BCUT2D eigenvalue weighted by Gasteiger charge is 2.38. The second kappa shape index (κ2) is 7.84. The molecule has 5 nitrogen and oxygen atoms in total. The standard InChI is InChI=1S/C18H34N2O3/c1-5-16(14-6-7-14)20-11-13(8-9-21)10-15(12-20)19-17(22)23-18(2,3)4/h13-16,21H,5-12H2,1-4H3,(H,19,22). The first-order valence-electron chi connectivity index (χ1n) is 9.16. The van der Waals surface area contributed by atoms with Gasteiger partial charge in [0, 0.05) is 31.8 Å². The maximum Gasteiger partial charge on any atom is 0.407 e. The number of carbonyl (C=O) groups is 1. The lowest BCUT2D eigenvalue weighted by molar-refractivity contribution is 0.0376. The Hall–Kier alpha value is -0.810. The molecular weight excluding hydrogens is 292 g/mol. The molecular formula is C18H34N2O3. The average molecular weight is 326 g/mol. The number of piperidine rings is 1. The predicted octanol–water partition coefficient (Wildman–Crippen LogP) is 2.77. The van der Waals surface area contributed by atoms with E-state index in [9.17, 15) is 9.90 Å². The van der Waals surface area contributed by atoms with Crippen LogP contribution in [-0.2, 0) is 4.74 Å². The number of rotatable bonds is 6. The monoisotopic (exact) mass is 326 g/mol. The second-order valence-electron chi connectivity index (χ2n) is 8.22. The molecule has 1 aliphatic carbocycles. The van der Waals surface area contributed by atoms with Gasteiger partial charge in [0.25, 0.3) is 0 Å². The summed E-state index contributed by atoms with van der Waals surface area (Å²) >= 11 is 0. The minimum atomic E-state index is -0.469. The fraction of sp³-hybridized carbons (Fsp3) is 0.944. The summed E-state index contributed by atoms with van der Waals surface area (Å²) in [6.45, 7) is 10.1. The summed E-state index contributed by atoms with van der Waals surface area (Å²) in [6.07, 6.45) is 5.25. The van der Waals surface area contributed by atoms with Gasteiger partial charge in [-0.3, -0.25) is 4.90 Å². The largest absolute Gasteiger partial charge is 0.444 e. The molecule has 2 rings (SSSR count). The Labute approximate surface area is 140 Å². The Balaban J connectivity index is 1.96. The fourth-order valence-electron chi connectivity index (χ4n) is 3.85. The zero-order valence-electron chi connectivity index (χ0n) is 15.2. The van der Waals surface area contributed by atoms with Crippen LogP contribution in [0.15, 0.2) is 0 Å². The molecule has 0 bridgehead atoms. The van der Waals surface area contributed by atoms with Gasteiger partial charge in [-0.05, 0) is 64.7 Å². The van der Waals surface area contributed by atoms with Crippen LogP contribution in [0.3, 0.4) is 0 Å². The van der Waals surface area contributed by atoms with Crippen molar-refractivity contribution in [3.8, 4) is 0 Å². The van der Waals surface area contributed by atoms with E-state index in [1.165, 1.54) is 12.8 Å². The molecule has 3 unspecified atom stereocenters. The lowest BCUT2D eigenvalue weighted by Gasteiger charge is -2.42. The zero-order chi connectivity index (χ0) is 17.0. The van der Waals surface area contributed by atoms with Gasteiger partial charge in [0.1, 0.15) is 5.60 Å². The molecule has 1 aliphatic heterocycles. The molecule has 2 N–H and O–H groups in total. The van der Waals surface area contributed by atoms with Crippen molar-refractivity contribution < 1.29 is 14.6 Å². The van der Waals surface area contributed by atoms with Crippen molar-refractivity contribution in [3.63, 3.8) is 0 Å². The Morgan fingerprint density at radius 2 is 2.04 bits per heavy atom. The summed E-state index contributed by atoms with van der Waals surface area (Å²) in [4.78, 5) is 14.6. The van der Waals surface area contributed by atoms with E-state index in [1.807, 2.05) is 20.8 Å². The van der Waals surface area contributed by atoms with Crippen LogP contribution < -0.4 is 5.32 Å². The van der Waals surface area contributed by atoms with Crippen molar-refractivity contribution >= 4 is 6.09 Å². The van der Waals surface area contributed by atoms with Crippen molar-refractivity contribution in [1.82, 2.24) is 10.2 Å². The number of hydrogen-bond donors (Lipinski definition) is 2. The number of likely N-dealkylation sites (tertiary alicyclic amines) is 1. The number of ether oxygens (including phenoxy) is 1. The predicted molar refractivity (Wildman–Crippen MR) is 91.3 cm³/mol. The Morgan fingerprint density at radius 1 is 1.35 bits per heavy atom. The van der Waals surface area contributed by atoms with E-state index in [0.29, 0.717) is 12.0 Å². The number of nitrogens with one attached hydrogen (secondary N) is 1. The van der Waals surface area contributed by atoms with Crippen LogP contribution in [-0.4, -0.2) is 53.5 Å². The Morgan fingerprint density at radius 3 is 2.57 bits per heavy atom. The molecule has 3 atom stereocenters. The third-order valence-electron chi connectivity index (χ3n) is 4.88. The molecule has 1 heterocycles. The molecule has 0 radical (unpaired) electrons. The van der Waals surface area contributed by atoms with Gasteiger partial charge in [-0.1, -0.05) is 6.92 Å². The molecule has 2 fully saturated rings. The summed E-state index contributed by atoms with van der Waals surface area (Å²) < 4.78 is 5.40. The number of nitrogens with zero attached hydrogens (tertiary/aromatic N) is 1. The number of aliphatic hydroxyl groups is 1. The van der Waals surface area contributed by atoms with E-state index >= 15 is 0 Å². The highest BCUT2D eigenvalue weighted by atomic mass is 16.6. The lowest BCUT2D eigenvalue weighted by atomic mass is 9.89. The summed E-state index contributed by atoms with van der Waals surface area (Å²) in [5.74, 6) is 1.27. The lowest BCUT2D eigenvalue weighted by Crippen LogP contribution is -2.54. The first-order chi connectivity index (χ1) is 10.8. The third-order valence-corrected chi connectivity index (χ3v) is 4.88. The molecule has 0 aromatic heterocycles. The van der Waals surface area contributed by atoms with Gasteiger partial charge in [0.2, 0.25) is 0 Å². The summed E-state index contributed by atoms with van der Waals surface area (Å²) in [7, 11) is 0. The highest BCUT2D eigenvalue weighted by Crippen LogP contribution is 2.38. The fourth-order valence-corrected chi connectivity index (χ4v) is 3.85.